The van der Waals surface area contributed by atoms with E-state index in [0.717, 1.165) is 6.54 Å². The lowest BCUT2D eigenvalue weighted by Gasteiger charge is -2.21. The Kier molecular flexibility index (Phi) is 3.02. The van der Waals surface area contributed by atoms with E-state index in [-0.39, 0.29) is 10.8 Å². The molecule has 5 nitrogen and oxygen atoms in total. The minimum Gasteiger partial charge on any atom is -0.390 e. The predicted molar refractivity (Wildman–Crippen MR) is 54.8 cm³/mol. The first-order valence-electron chi connectivity index (χ1n) is 3.91. The van der Waals surface area contributed by atoms with Crippen LogP contribution < -0.4 is 11.1 Å². The molecule has 3 N–H and O–H groups in total. The summed E-state index contributed by atoms with van der Waals surface area (Å²) in [5.74, 6) is 0. The van der Waals surface area contributed by atoms with Crippen LogP contribution in [0.25, 0.3) is 0 Å². The Bertz CT molecular complexity index is 273. The van der Waals surface area contributed by atoms with Gasteiger partial charge >= 0.3 is 12.0 Å². The molecule has 6 heteroatoms. The molecule has 0 saturated carbocycles. The number of aromatic nitrogens is 2. The monoisotopic (exact) mass is 202 g/mol. The number of hydrogen-bond acceptors (Lipinski definition) is 6. The molecule has 0 atom stereocenters. The lowest BCUT2D eigenvalue weighted by molar-refractivity contribution is 0.580. The number of nitrogens with one attached hydrogen (secondary N) is 1. The van der Waals surface area contributed by atoms with E-state index in [0.29, 0.717) is 6.01 Å². The van der Waals surface area contributed by atoms with Crippen LogP contribution in [-0.4, -0.2) is 27.7 Å². The highest BCUT2D eigenvalue weighted by Crippen LogP contribution is 2.21. The van der Waals surface area contributed by atoms with Gasteiger partial charge < -0.3 is 15.5 Å². The summed E-state index contributed by atoms with van der Waals surface area (Å²) in [6.07, 6.45) is 2.06. The van der Waals surface area contributed by atoms with E-state index in [1.165, 1.54) is 0 Å². The van der Waals surface area contributed by atoms with E-state index in [1.54, 1.807) is 11.8 Å². The van der Waals surface area contributed by atoms with Gasteiger partial charge in [-0.15, -0.1) is 0 Å². The van der Waals surface area contributed by atoms with Gasteiger partial charge in [0.25, 0.3) is 0 Å². The van der Waals surface area contributed by atoms with Crippen molar-refractivity contribution in [2.45, 2.75) is 18.6 Å². The summed E-state index contributed by atoms with van der Waals surface area (Å²) in [6.45, 7) is 5.02. The van der Waals surface area contributed by atoms with Crippen LogP contribution in [-0.2, 0) is 0 Å². The Labute approximate surface area is 81.5 Å². The fourth-order valence-electron chi connectivity index (χ4n) is 0.667. The van der Waals surface area contributed by atoms with Crippen LogP contribution in [0.5, 0.6) is 0 Å². The molecule has 1 aromatic rings. The molecule has 0 saturated heterocycles. The molecule has 13 heavy (non-hydrogen) atoms. The zero-order valence-electron chi connectivity index (χ0n) is 8.00. The summed E-state index contributed by atoms with van der Waals surface area (Å²) in [5, 5.41) is 10.2. The van der Waals surface area contributed by atoms with Crippen molar-refractivity contribution in [2.24, 2.45) is 0 Å². The average molecular weight is 202 g/mol. The second-order valence-electron chi connectivity index (χ2n) is 3.26. The van der Waals surface area contributed by atoms with Gasteiger partial charge in [0.1, 0.15) is 0 Å². The van der Waals surface area contributed by atoms with E-state index in [9.17, 15) is 0 Å². The molecule has 0 radical (unpaired) electrons. The Morgan fingerprint density at radius 1 is 1.54 bits per heavy atom. The summed E-state index contributed by atoms with van der Waals surface area (Å²) >= 11 is 1.77. The van der Waals surface area contributed by atoms with Gasteiger partial charge in [-0.3, -0.25) is 0 Å². The van der Waals surface area contributed by atoms with E-state index < -0.39 is 0 Å². The highest BCUT2D eigenvalue weighted by atomic mass is 32.2. The van der Waals surface area contributed by atoms with Crippen LogP contribution in [0.4, 0.5) is 12.0 Å². The number of thioether (sulfide) groups is 1. The molecule has 74 valence electrons. The molecule has 1 aromatic heterocycles. The third-order valence-electron chi connectivity index (χ3n) is 1.66. The van der Waals surface area contributed by atoms with Crippen molar-refractivity contribution in [3.8, 4) is 0 Å². The van der Waals surface area contributed by atoms with Gasteiger partial charge in [-0.25, -0.2) is 0 Å². The number of nitrogen functional groups attached to an aromatic ring is 1. The Morgan fingerprint density at radius 3 is 2.69 bits per heavy atom. The molecule has 0 unspecified atom stereocenters. The number of rotatable bonds is 4. The maximum absolute atomic E-state index is 5.26. The molecule has 1 rings (SSSR count). The van der Waals surface area contributed by atoms with Gasteiger partial charge in [0.2, 0.25) is 0 Å². The van der Waals surface area contributed by atoms with E-state index in [4.69, 9.17) is 10.2 Å². The minimum absolute atomic E-state index is 0.0875. The summed E-state index contributed by atoms with van der Waals surface area (Å²) in [7, 11) is 0. The smallest absolute Gasteiger partial charge is 0.316 e. The SMILES string of the molecule is CSC(C)(C)CNc1nnc(N)o1. The first-order chi connectivity index (χ1) is 6.03. The number of nitrogens with two attached hydrogens (primary N) is 1. The molecule has 0 aliphatic rings. The third-order valence-corrected chi connectivity index (χ3v) is 2.91. The number of nitrogens with zero attached hydrogens (tertiary/aromatic N) is 2. The standard InChI is InChI=1S/C7H14N4OS/c1-7(2,13-3)4-9-6-11-10-5(8)12-6/h4H2,1-3H3,(H2,8,10)(H,9,11). The second-order valence-corrected chi connectivity index (χ2v) is 4.78. The topological polar surface area (TPSA) is 77.0 Å². The Morgan fingerprint density at radius 2 is 2.23 bits per heavy atom. The van der Waals surface area contributed by atoms with Crippen molar-refractivity contribution >= 4 is 23.8 Å². The van der Waals surface area contributed by atoms with Crippen LogP contribution >= 0.6 is 11.8 Å². The van der Waals surface area contributed by atoms with Gasteiger partial charge in [0.05, 0.1) is 0 Å². The first kappa shape index (κ1) is 10.2. The fraction of sp³-hybridized carbons (Fsp3) is 0.714. The van der Waals surface area contributed by atoms with Crippen LogP contribution in [0.15, 0.2) is 4.42 Å². The van der Waals surface area contributed by atoms with Gasteiger partial charge in [-0.05, 0) is 20.1 Å². The molecule has 0 amide bonds. The van der Waals surface area contributed by atoms with Gasteiger partial charge in [-0.1, -0.05) is 10.2 Å². The van der Waals surface area contributed by atoms with E-state index in [1.807, 2.05) is 0 Å². The van der Waals surface area contributed by atoms with Crippen LogP contribution in [0.3, 0.4) is 0 Å². The maximum Gasteiger partial charge on any atom is 0.316 e. The third kappa shape index (κ3) is 3.14. The van der Waals surface area contributed by atoms with Gasteiger partial charge in [-0.2, -0.15) is 11.8 Å². The molecule has 0 spiro atoms. The molecule has 0 aliphatic carbocycles. The summed E-state index contributed by atoms with van der Waals surface area (Å²) in [5.41, 5.74) is 5.26. The van der Waals surface area contributed by atoms with Crippen molar-refractivity contribution in [1.82, 2.24) is 10.2 Å². The summed E-state index contributed by atoms with van der Waals surface area (Å²) in [6, 6.07) is 0.462. The molecular formula is C7H14N4OS. The average Bonchev–Trinajstić information content (AvgIpc) is 2.48. The normalized spacial score (nSPS) is 11.6. The fourth-order valence-corrected chi connectivity index (χ4v) is 0.883. The number of anilines is 2. The van der Waals surface area contributed by atoms with Crippen LogP contribution in [0.1, 0.15) is 13.8 Å². The molecule has 1 heterocycles. The van der Waals surface area contributed by atoms with Crippen molar-refractivity contribution < 1.29 is 4.42 Å². The molecule has 0 aliphatic heterocycles. The van der Waals surface area contributed by atoms with Crippen molar-refractivity contribution in [2.75, 3.05) is 23.9 Å². The molecular weight excluding hydrogens is 188 g/mol. The van der Waals surface area contributed by atoms with Crippen molar-refractivity contribution in [1.29, 1.82) is 0 Å². The Balaban J connectivity index is 2.43. The van der Waals surface area contributed by atoms with Crippen LogP contribution in [0.2, 0.25) is 0 Å². The zero-order valence-corrected chi connectivity index (χ0v) is 8.81. The second kappa shape index (κ2) is 3.87. The summed E-state index contributed by atoms with van der Waals surface area (Å²) in [4.78, 5) is 0. The quantitative estimate of drug-likeness (QED) is 0.764. The summed E-state index contributed by atoms with van der Waals surface area (Å²) < 4.78 is 5.10. The van der Waals surface area contributed by atoms with E-state index in [2.05, 4.69) is 35.6 Å². The lowest BCUT2D eigenvalue weighted by atomic mass is 10.2. The maximum atomic E-state index is 5.26. The number of hydrogen-bond donors (Lipinski definition) is 2. The van der Waals surface area contributed by atoms with Gasteiger partial charge in [0.15, 0.2) is 0 Å². The van der Waals surface area contributed by atoms with Crippen molar-refractivity contribution in [3.05, 3.63) is 0 Å². The van der Waals surface area contributed by atoms with Gasteiger partial charge in [0, 0.05) is 11.3 Å². The Hall–Kier alpha value is -0.910. The molecule has 0 bridgehead atoms. The largest absolute Gasteiger partial charge is 0.390 e. The molecule has 0 fully saturated rings. The molecule has 0 aromatic carbocycles. The first-order valence-corrected chi connectivity index (χ1v) is 5.14. The highest BCUT2D eigenvalue weighted by molar-refractivity contribution is 7.99. The minimum atomic E-state index is 0.0875. The zero-order chi connectivity index (χ0) is 9.90. The lowest BCUT2D eigenvalue weighted by Crippen LogP contribution is -2.25. The van der Waals surface area contributed by atoms with Crippen molar-refractivity contribution in [3.63, 3.8) is 0 Å². The van der Waals surface area contributed by atoms with Crippen LogP contribution in [0, 0.1) is 0 Å². The van der Waals surface area contributed by atoms with E-state index >= 15 is 0 Å². The highest BCUT2D eigenvalue weighted by Gasteiger charge is 2.16. The predicted octanol–water partition coefficient (Wildman–Crippen LogP) is 1.21.